The first-order valence-electron chi connectivity index (χ1n) is 10.1. The third kappa shape index (κ3) is 6.14. The maximum atomic E-state index is 12.3. The van der Waals surface area contributed by atoms with Crippen LogP contribution in [-0.4, -0.2) is 37.5 Å². The molecule has 1 N–H and O–H groups in total. The molecule has 1 aliphatic heterocycles. The first kappa shape index (κ1) is 21.5. The highest BCUT2D eigenvalue weighted by Crippen LogP contribution is 2.31. The van der Waals surface area contributed by atoms with Crippen molar-refractivity contribution in [2.45, 2.75) is 46.3 Å². The number of rotatable bonds is 8. The number of carbonyl (C=O) groups excluding carboxylic acids is 1. The quantitative estimate of drug-likeness (QED) is 0.528. The lowest BCUT2D eigenvalue weighted by Crippen LogP contribution is -2.20. The summed E-state index contributed by atoms with van der Waals surface area (Å²) in [7, 11) is 0. The Bertz CT molecular complexity index is 908. The molecule has 1 amide bonds. The topological polar surface area (TPSA) is 78.4 Å². The van der Waals surface area contributed by atoms with Gasteiger partial charge in [-0.15, -0.1) is 0 Å². The van der Waals surface area contributed by atoms with Crippen LogP contribution in [0.2, 0.25) is 0 Å². The van der Waals surface area contributed by atoms with Gasteiger partial charge in [0.25, 0.3) is 0 Å². The number of carbonyl (C=O) groups is 1. The molecule has 0 saturated heterocycles. The summed E-state index contributed by atoms with van der Waals surface area (Å²) in [5.74, 6) is 2.50. The maximum absolute atomic E-state index is 12.3. The number of hydrogen-bond acceptors (Lipinski definition) is 6. The number of hydrazone groups is 1. The molecule has 2 aromatic rings. The summed E-state index contributed by atoms with van der Waals surface area (Å²) in [5.41, 5.74) is 4.13. The molecule has 7 nitrogen and oxygen atoms in total. The summed E-state index contributed by atoms with van der Waals surface area (Å²) >= 11 is 0. The molecule has 0 bridgehead atoms. The molecule has 0 unspecified atom stereocenters. The SMILES string of the molecule is CC(C)Oc1ccc(/C=N/NC(=O)Cc2ccc3c(c2)OCCO3)c(OC(C)C)c1. The normalized spacial score (nSPS) is 13.0. The maximum Gasteiger partial charge on any atom is 0.244 e. The minimum absolute atomic E-state index is 0.00347. The van der Waals surface area contributed by atoms with E-state index in [1.54, 1.807) is 6.21 Å². The van der Waals surface area contributed by atoms with Crippen LogP contribution in [0.5, 0.6) is 23.0 Å². The molecule has 1 heterocycles. The Hall–Kier alpha value is -3.22. The molecule has 0 fully saturated rings. The molecule has 0 aromatic heterocycles. The van der Waals surface area contributed by atoms with E-state index in [4.69, 9.17) is 18.9 Å². The largest absolute Gasteiger partial charge is 0.491 e. The van der Waals surface area contributed by atoms with E-state index in [1.807, 2.05) is 64.1 Å². The highest BCUT2D eigenvalue weighted by Gasteiger charge is 2.13. The predicted octanol–water partition coefficient (Wildman–Crippen LogP) is 3.73. The summed E-state index contributed by atoms with van der Waals surface area (Å²) in [4.78, 5) is 12.3. The second-order valence-electron chi connectivity index (χ2n) is 7.48. The Balaban J connectivity index is 1.63. The number of benzene rings is 2. The van der Waals surface area contributed by atoms with E-state index in [0.717, 1.165) is 16.9 Å². The van der Waals surface area contributed by atoms with Crippen molar-refractivity contribution >= 4 is 12.1 Å². The van der Waals surface area contributed by atoms with Crippen molar-refractivity contribution in [1.82, 2.24) is 5.43 Å². The number of fused-ring (bicyclic) bond motifs is 1. The average molecular weight is 412 g/mol. The molecule has 0 spiro atoms. The van der Waals surface area contributed by atoms with Gasteiger partial charge in [0.15, 0.2) is 11.5 Å². The van der Waals surface area contributed by atoms with Crippen molar-refractivity contribution < 1.29 is 23.7 Å². The summed E-state index contributed by atoms with van der Waals surface area (Å²) < 4.78 is 22.6. The average Bonchev–Trinajstić information content (AvgIpc) is 2.68. The van der Waals surface area contributed by atoms with Crippen LogP contribution in [0.4, 0.5) is 0 Å². The van der Waals surface area contributed by atoms with Crippen LogP contribution in [0.15, 0.2) is 41.5 Å². The minimum atomic E-state index is -0.228. The molecule has 0 atom stereocenters. The Kier molecular flexibility index (Phi) is 7.17. The highest BCUT2D eigenvalue weighted by molar-refractivity contribution is 5.86. The van der Waals surface area contributed by atoms with Gasteiger partial charge in [0.05, 0.1) is 24.8 Å². The molecule has 160 valence electrons. The van der Waals surface area contributed by atoms with Gasteiger partial charge < -0.3 is 18.9 Å². The van der Waals surface area contributed by atoms with Crippen LogP contribution in [0.25, 0.3) is 0 Å². The van der Waals surface area contributed by atoms with E-state index in [-0.39, 0.29) is 24.5 Å². The molecule has 2 aromatic carbocycles. The molecule has 1 aliphatic rings. The zero-order chi connectivity index (χ0) is 21.5. The zero-order valence-electron chi connectivity index (χ0n) is 17.8. The van der Waals surface area contributed by atoms with E-state index >= 15 is 0 Å². The monoisotopic (exact) mass is 412 g/mol. The standard InChI is InChI=1S/C23H28N2O5/c1-15(2)29-19-7-6-18(21(13-19)30-16(3)4)14-24-25-23(26)12-17-5-8-20-22(11-17)28-10-9-27-20/h5-8,11,13-16H,9-10,12H2,1-4H3,(H,25,26)/b24-14+. The van der Waals surface area contributed by atoms with Gasteiger partial charge in [-0.05, 0) is 57.5 Å². The van der Waals surface area contributed by atoms with E-state index in [9.17, 15) is 4.79 Å². The Morgan fingerprint density at radius 2 is 1.77 bits per heavy atom. The molecule has 0 saturated carbocycles. The van der Waals surface area contributed by atoms with Crippen LogP contribution >= 0.6 is 0 Å². The fourth-order valence-corrected chi connectivity index (χ4v) is 2.92. The number of ether oxygens (including phenoxy) is 4. The lowest BCUT2D eigenvalue weighted by Gasteiger charge is -2.18. The van der Waals surface area contributed by atoms with Gasteiger partial charge in [0, 0.05) is 11.6 Å². The van der Waals surface area contributed by atoms with E-state index in [2.05, 4.69) is 10.5 Å². The lowest BCUT2D eigenvalue weighted by atomic mass is 10.1. The summed E-state index contributed by atoms with van der Waals surface area (Å²) in [6.07, 6.45) is 1.82. The first-order chi connectivity index (χ1) is 14.4. The lowest BCUT2D eigenvalue weighted by molar-refractivity contribution is -0.120. The van der Waals surface area contributed by atoms with Gasteiger partial charge in [-0.1, -0.05) is 6.07 Å². The molecule has 0 radical (unpaired) electrons. The molecular weight excluding hydrogens is 384 g/mol. The zero-order valence-corrected chi connectivity index (χ0v) is 17.8. The van der Waals surface area contributed by atoms with Gasteiger partial charge in [0.2, 0.25) is 5.91 Å². The fourth-order valence-electron chi connectivity index (χ4n) is 2.92. The first-order valence-corrected chi connectivity index (χ1v) is 10.1. The van der Waals surface area contributed by atoms with Gasteiger partial charge in [0.1, 0.15) is 24.7 Å². The number of hydrogen-bond donors (Lipinski definition) is 1. The summed E-state index contributed by atoms with van der Waals surface area (Å²) in [5, 5.41) is 4.08. The van der Waals surface area contributed by atoms with Crippen LogP contribution < -0.4 is 24.4 Å². The minimum Gasteiger partial charge on any atom is -0.491 e. The van der Waals surface area contributed by atoms with Crippen molar-refractivity contribution in [3.8, 4) is 23.0 Å². The third-order valence-corrected chi connectivity index (χ3v) is 4.08. The smallest absolute Gasteiger partial charge is 0.244 e. The molecule has 30 heavy (non-hydrogen) atoms. The van der Waals surface area contributed by atoms with E-state index in [1.165, 1.54) is 0 Å². The second kappa shape index (κ2) is 10.0. The van der Waals surface area contributed by atoms with Crippen molar-refractivity contribution in [2.24, 2.45) is 5.10 Å². The molecule has 0 aliphatic carbocycles. The van der Waals surface area contributed by atoms with Gasteiger partial charge >= 0.3 is 0 Å². The van der Waals surface area contributed by atoms with E-state index in [0.29, 0.717) is 30.5 Å². The van der Waals surface area contributed by atoms with Crippen molar-refractivity contribution in [1.29, 1.82) is 0 Å². The van der Waals surface area contributed by atoms with E-state index < -0.39 is 0 Å². The summed E-state index contributed by atoms with van der Waals surface area (Å²) in [6.45, 7) is 8.88. The van der Waals surface area contributed by atoms with Gasteiger partial charge in [-0.25, -0.2) is 5.43 Å². The molecule has 3 rings (SSSR count). The highest BCUT2D eigenvalue weighted by atomic mass is 16.6. The van der Waals surface area contributed by atoms with Crippen molar-refractivity contribution in [3.05, 3.63) is 47.5 Å². The Labute approximate surface area is 177 Å². The van der Waals surface area contributed by atoms with Crippen LogP contribution in [-0.2, 0) is 11.2 Å². The van der Waals surface area contributed by atoms with Gasteiger partial charge in [-0.2, -0.15) is 5.10 Å². The predicted molar refractivity (Wildman–Crippen MR) is 115 cm³/mol. The summed E-state index contributed by atoms with van der Waals surface area (Å²) in [6, 6.07) is 11.0. The molecular formula is C23H28N2O5. The van der Waals surface area contributed by atoms with Crippen LogP contribution in [0.3, 0.4) is 0 Å². The van der Waals surface area contributed by atoms with Crippen LogP contribution in [0.1, 0.15) is 38.8 Å². The van der Waals surface area contributed by atoms with Crippen molar-refractivity contribution in [3.63, 3.8) is 0 Å². The number of amides is 1. The third-order valence-electron chi connectivity index (χ3n) is 4.08. The fraction of sp³-hybridized carbons (Fsp3) is 0.391. The second-order valence-corrected chi connectivity index (χ2v) is 7.48. The van der Waals surface area contributed by atoms with Crippen LogP contribution in [0, 0.1) is 0 Å². The Morgan fingerprint density at radius 1 is 1.03 bits per heavy atom. The van der Waals surface area contributed by atoms with Crippen molar-refractivity contribution in [2.75, 3.05) is 13.2 Å². The Morgan fingerprint density at radius 3 is 2.50 bits per heavy atom. The number of nitrogens with zero attached hydrogens (tertiary/aromatic N) is 1. The van der Waals surface area contributed by atoms with Gasteiger partial charge in [-0.3, -0.25) is 4.79 Å². The number of nitrogens with one attached hydrogen (secondary N) is 1. The molecule has 7 heteroatoms.